The van der Waals surface area contributed by atoms with Gasteiger partial charge < -0.3 is 9.80 Å². The predicted octanol–water partition coefficient (Wildman–Crippen LogP) is 6.83. The maximum absolute atomic E-state index is 13.1. The molecule has 0 atom stereocenters. The van der Waals surface area contributed by atoms with Crippen molar-refractivity contribution in [1.29, 1.82) is 0 Å². The number of nitrogens with zero attached hydrogens (tertiary/aromatic N) is 2. The second-order valence-electron chi connectivity index (χ2n) is 8.59. The summed E-state index contributed by atoms with van der Waals surface area (Å²) in [7, 11) is 0. The van der Waals surface area contributed by atoms with Gasteiger partial charge in [0.05, 0.1) is 0 Å². The third-order valence-corrected chi connectivity index (χ3v) is 6.67. The number of carbonyl (C=O) groups is 1. The number of benzene rings is 2. The van der Waals surface area contributed by atoms with E-state index >= 15 is 0 Å². The lowest BCUT2D eigenvalue weighted by Crippen LogP contribution is -2.21. The van der Waals surface area contributed by atoms with Gasteiger partial charge in [0.2, 0.25) is 0 Å². The lowest BCUT2D eigenvalue weighted by atomic mass is 10.0. The summed E-state index contributed by atoms with van der Waals surface area (Å²) in [6.45, 7) is 17.0. The largest absolute Gasteiger partial charge is 0.372 e. The fourth-order valence-electron chi connectivity index (χ4n) is 4.57. The Morgan fingerprint density at radius 3 is 1.38 bits per heavy atom. The van der Waals surface area contributed by atoms with E-state index in [9.17, 15) is 4.79 Å². The molecule has 0 unspecified atom stereocenters. The summed E-state index contributed by atoms with van der Waals surface area (Å²) < 4.78 is 0. The van der Waals surface area contributed by atoms with E-state index in [0.717, 1.165) is 61.3 Å². The molecule has 0 amide bonds. The van der Waals surface area contributed by atoms with E-state index in [1.54, 1.807) is 0 Å². The van der Waals surface area contributed by atoms with Gasteiger partial charge in [0.25, 0.3) is 0 Å². The molecule has 170 valence electrons. The van der Waals surface area contributed by atoms with Gasteiger partial charge >= 0.3 is 0 Å². The molecule has 1 fully saturated rings. The summed E-state index contributed by atoms with van der Waals surface area (Å²) in [5.41, 5.74) is 9.06. The monoisotopic (exact) mass is 430 g/mol. The van der Waals surface area contributed by atoms with Gasteiger partial charge in [-0.3, -0.25) is 4.79 Å². The van der Waals surface area contributed by atoms with Crippen molar-refractivity contribution in [3.63, 3.8) is 0 Å². The topological polar surface area (TPSA) is 23.6 Å². The molecule has 32 heavy (non-hydrogen) atoms. The first-order chi connectivity index (χ1) is 15.4. The molecule has 2 aromatic rings. The maximum Gasteiger partial charge on any atom is 0.185 e. The minimum absolute atomic E-state index is 0.199. The maximum atomic E-state index is 13.1. The van der Waals surface area contributed by atoms with E-state index in [0.29, 0.717) is 0 Å². The van der Waals surface area contributed by atoms with Crippen LogP contribution in [-0.4, -0.2) is 32.0 Å². The summed E-state index contributed by atoms with van der Waals surface area (Å²) in [5, 5.41) is 0. The van der Waals surface area contributed by atoms with Crippen molar-refractivity contribution < 1.29 is 4.79 Å². The van der Waals surface area contributed by atoms with E-state index in [2.05, 4.69) is 99.9 Å². The normalized spacial score (nSPS) is 16.2. The highest BCUT2D eigenvalue weighted by Gasteiger charge is 2.23. The minimum Gasteiger partial charge on any atom is -0.372 e. The summed E-state index contributed by atoms with van der Waals surface area (Å²) in [5.74, 6) is 0.199. The van der Waals surface area contributed by atoms with Crippen molar-refractivity contribution in [1.82, 2.24) is 0 Å². The number of Topliss-reactive ketones (excluding diaryl/α,β-unsaturated/α-hetero) is 1. The SMILES string of the molecule is CCN(CC)c1ccc(/C=C2/CC/C(=C\c3ccc(N(CC)CC)cc3C)C2=O)c(C)c1. The number of hydrogen-bond acceptors (Lipinski definition) is 3. The van der Waals surface area contributed by atoms with Crippen molar-refractivity contribution >= 4 is 29.3 Å². The quantitative estimate of drug-likeness (QED) is 0.429. The van der Waals surface area contributed by atoms with Crippen LogP contribution in [0.15, 0.2) is 47.5 Å². The summed E-state index contributed by atoms with van der Waals surface area (Å²) in [4.78, 5) is 17.8. The summed E-state index contributed by atoms with van der Waals surface area (Å²) >= 11 is 0. The highest BCUT2D eigenvalue weighted by Crippen LogP contribution is 2.32. The molecular weight excluding hydrogens is 392 g/mol. The molecule has 0 N–H and O–H groups in total. The number of allylic oxidation sites excluding steroid dienone is 2. The number of ketones is 1. The Labute approximate surface area is 194 Å². The molecular formula is C29H38N2O. The minimum atomic E-state index is 0.199. The molecule has 1 aliphatic rings. The van der Waals surface area contributed by atoms with Gasteiger partial charge in [-0.05, 0) is 113 Å². The Bertz CT molecular complexity index is 942. The zero-order chi connectivity index (χ0) is 23.3. The molecule has 3 heteroatoms. The molecule has 0 aliphatic heterocycles. The third-order valence-electron chi connectivity index (χ3n) is 6.67. The lowest BCUT2D eigenvalue weighted by Gasteiger charge is -2.22. The third kappa shape index (κ3) is 5.15. The Hall–Kier alpha value is -2.81. The molecule has 1 saturated carbocycles. The first-order valence-electron chi connectivity index (χ1n) is 12.1. The van der Waals surface area contributed by atoms with Gasteiger partial charge in [-0.1, -0.05) is 12.1 Å². The number of rotatable bonds is 8. The Morgan fingerprint density at radius 1 is 0.688 bits per heavy atom. The van der Waals surface area contributed by atoms with Crippen LogP contribution < -0.4 is 9.80 Å². The number of aryl methyl sites for hydroxylation is 2. The molecule has 3 nitrogen and oxygen atoms in total. The number of carbonyl (C=O) groups excluding carboxylic acids is 1. The van der Waals surface area contributed by atoms with Crippen LogP contribution in [-0.2, 0) is 4.79 Å². The van der Waals surface area contributed by atoms with E-state index in [4.69, 9.17) is 0 Å². The van der Waals surface area contributed by atoms with Crippen LogP contribution in [0.2, 0.25) is 0 Å². The lowest BCUT2D eigenvalue weighted by molar-refractivity contribution is -0.111. The predicted molar refractivity (Wildman–Crippen MR) is 140 cm³/mol. The molecule has 0 spiro atoms. The first kappa shape index (κ1) is 23.8. The van der Waals surface area contributed by atoms with E-state index in [1.165, 1.54) is 22.5 Å². The molecule has 0 saturated heterocycles. The first-order valence-corrected chi connectivity index (χ1v) is 12.1. The summed E-state index contributed by atoms with van der Waals surface area (Å²) in [6.07, 6.45) is 5.83. The second-order valence-corrected chi connectivity index (χ2v) is 8.59. The molecule has 0 aromatic heterocycles. The molecule has 2 aromatic carbocycles. The molecule has 1 aliphatic carbocycles. The standard InChI is InChI=1S/C29H38N2O/c1-7-30(8-2)27-15-13-23(21(5)17-27)19-25-11-12-26(29(25)32)20-24-14-16-28(18-22(24)6)31(9-3)10-4/h13-20H,7-12H2,1-6H3/b25-19-,26-20+. The fraction of sp³-hybridized carbons (Fsp3) is 0.414. The van der Waals surface area contributed by atoms with Crippen LogP contribution in [0.4, 0.5) is 11.4 Å². The van der Waals surface area contributed by atoms with Crippen molar-refractivity contribution in [2.75, 3.05) is 36.0 Å². The van der Waals surface area contributed by atoms with Crippen LogP contribution in [0.1, 0.15) is 62.8 Å². The van der Waals surface area contributed by atoms with Crippen LogP contribution in [0.3, 0.4) is 0 Å². The highest BCUT2D eigenvalue weighted by molar-refractivity contribution is 6.15. The van der Waals surface area contributed by atoms with Gasteiger partial charge in [-0.25, -0.2) is 0 Å². The summed E-state index contributed by atoms with van der Waals surface area (Å²) in [6, 6.07) is 13.1. The van der Waals surface area contributed by atoms with Crippen molar-refractivity contribution in [2.24, 2.45) is 0 Å². The average Bonchev–Trinajstić information content (AvgIpc) is 3.12. The fourth-order valence-corrected chi connectivity index (χ4v) is 4.57. The Balaban J connectivity index is 1.81. The highest BCUT2D eigenvalue weighted by atomic mass is 16.1. The van der Waals surface area contributed by atoms with Gasteiger partial charge in [-0.15, -0.1) is 0 Å². The Kier molecular flexibility index (Phi) is 7.95. The van der Waals surface area contributed by atoms with Crippen molar-refractivity contribution in [2.45, 2.75) is 54.4 Å². The number of hydrogen-bond donors (Lipinski definition) is 0. The smallest absolute Gasteiger partial charge is 0.185 e. The van der Waals surface area contributed by atoms with Crippen LogP contribution in [0, 0.1) is 13.8 Å². The number of anilines is 2. The van der Waals surface area contributed by atoms with Gasteiger partial charge in [-0.2, -0.15) is 0 Å². The van der Waals surface area contributed by atoms with Gasteiger partial charge in [0.15, 0.2) is 5.78 Å². The second kappa shape index (κ2) is 10.7. The van der Waals surface area contributed by atoms with Gasteiger partial charge in [0.1, 0.15) is 0 Å². The molecule has 0 radical (unpaired) electrons. The Morgan fingerprint density at radius 2 is 1.06 bits per heavy atom. The van der Waals surface area contributed by atoms with E-state index in [1.807, 2.05) is 0 Å². The average molecular weight is 431 g/mol. The zero-order valence-corrected chi connectivity index (χ0v) is 20.7. The van der Waals surface area contributed by atoms with Crippen LogP contribution in [0.5, 0.6) is 0 Å². The van der Waals surface area contributed by atoms with Crippen molar-refractivity contribution in [3.8, 4) is 0 Å². The van der Waals surface area contributed by atoms with Gasteiger partial charge in [0, 0.05) is 48.7 Å². The van der Waals surface area contributed by atoms with Crippen LogP contribution in [0.25, 0.3) is 12.2 Å². The molecule has 0 heterocycles. The molecule has 0 bridgehead atoms. The van der Waals surface area contributed by atoms with Crippen LogP contribution >= 0.6 is 0 Å². The van der Waals surface area contributed by atoms with E-state index in [-0.39, 0.29) is 5.78 Å². The zero-order valence-electron chi connectivity index (χ0n) is 20.7. The van der Waals surface area contributed by atoms with E-state index < -0.39 is 0 Å². The molecule has 3 rings (SSSR count). The van der Waals surface area contributed by atoms with Crippen molar-refractivity contribution in [3.05, 3.63) is 69.8 Å².